The third-order valence-corrected chi connectivity index (χ3v) is 6.34. The van der Waals surface area contributed by atoms with Gasteiger partial charge in [0.25, 0.3) is 0 Å². The lowest BCUT2D eigenvalue weighted by Crippen LogP contribution is -2.32. The molecular formula is C23H25NOS. The lowest BCUT2D eigenvalue weighted by Gasteiger charge is -2.30. The molecule has 2 aromatic carbocycles. The van der Waals surface area contributed by atoms with Gasteiger partial charge in [0.1, 0.15) is 6.10 Å². The summed E-state index contributed by atoms with van der Waals surface area (Å²) in [6, 6.07) is 19.0. The number of benzene rings is 2. The SMILES string of the molecule is OC(/C=C/C1CCN(Cc2ccccc2)CC1)c1scc2ccccc12. The molecule has 2 heterocycles. The first-order valence-corrected chi connectivity index (χ1v) is 10.3. The first-order chi connectivity index (χ1) is 12.8. The van der Waals surface area contributed by atoms with Gasteiger partial charge in [-0.15, -0.1) is 11.3 Å². The zero-order valence-corrected chi connectivity index (χ0v) is 15.7. The summed E-state index contributed by atoms with van der Waals surface area (Å²) < 4.78 is 0. The number of thiophene rings is 1. The molecule has 0 saturated carbocycles. The van der Waals surface area contributed by atoms with E-state index in [1.54, 1.807) is 11.3 Å². The zero-order chi connectivity index (χ0) is 17.8. The van der Waals surface area contributed by atoms with Gasteiger partial charge in [-0.25, -0.2) is 0 Å². The molecular weight excluding hydrogens is 338 g/mol. The second-order valence-corrected chi connectivity index (χ2v) is 8.03. The Hall–Kier alpha value is -1.94. The van der Waals surface area contributed by atoms with Crippen LogP contribution >= 0.6 is 11.3 Å². The summed E-state index contributed by atoms with van der Waals surface area (Å²) in [6.45, 7) is 3.30. The molecule has 1 unspecified atom stereocenters. The molecule has 0 bridgehead atoms. The number of piperidine rings is 1. The van der Waals surface area contributed by atoms with Crippen molar-refractivity contribution in [3.05, 3.63) is 82.6 Å². The number of rotatable bonds is 5. The fourth-order valence-corrected chi connectivity index (χ4v) is 4.73. The molecule has 26 heavy (non-hydrogen) atoms. The maximum atomic E-state index is 10.6. The molecule has 2 nitrogen and oxygen atoms in total. The number of hydrogen-bond acceptors (Lipinski definition) is 3. The highest BCUT2D eigenvalue weighted by atomic mass is 32.1. The van der Waals surface area contributed by atoms with Crippen molar-refractivity contribution in [3.8, 4) is 0 Å². The van der Waals surface area contributed by atoms with E-state index in [0.717, 1.165) is 24.5 Å². The van der Waals surface area contributed by atoms with Crippen LogP contribution in [0.3, 0.4) is 0 Å². The molecule has 0 amide bonds. The predicted octanol–water partition coefficient (Wildman–Crippen LogP) is 5.40. The number of allylic oxidation sites excluding steroid dienone is 1. The molecule has 1 atom stereocenters. The molecule has 3 aromatic rings. The summed E-state index contributed by atoms with van der Waals surface area (Å²) in [5, 5.41) is 15.1. The number of hydrogen-bond donors (Lipinski definition) is 1. The zero-order valence-electron chi connectivity index (χ0n) is 14.9. The first kappa shape index (κ1) is 17.5. The highest BCUT2D eigenvalue weighted by Gasteiger charge is 2.18. The Balaban J connectivity index is 1.32. The quantitative estimate of drug-likeness (QED) is 0.613. The van der Waals surface area contributed by atoms with E-state index in [1.165, 1.54) is 29.2 Å². The molecule has 0 spiro atoms. The van der Waals surface area contributed by atoms with E-state index < -0.39 is 6.10 Å². The van der Waals surface area contributed by atoms with Gasteiger partial charge >= 0.3 is 0 Å². The molecule has 1 aromatic heterocycles. The van der Waals surface area contributed by atoms with Crippen molar-refractivity contribution in [2.45, 2.75) is 25.5 Å². The van der Waals surface area contributed by atoms with Crippen LogP contribution in [0.5, 0.6) is 0 Å². The molecule has 4 rings (SSSR count). The molecule has 1 N–H and O–H groups in total. The summed E-state index contributed by atoms with van der Waals surface area (Å²) in [5.74, 6) is 0.572. The fourth-order valence-electron chi connectivity index (χ4n) is 3.74. The number of aliphatic hydroxyl groups is 1. The summed E-state index contributed by atoms with van der Waals surface area (Å²) in [5.41, 5.74) is 1.39. The first-order valence-electron chi connectivity index (χ1n) is 9.38. The second kappa shape index (κ2) is 8.17. The largest absolute Gasteiger partial charge is 0.383 e. The molecule has 134 valence electrons. The van der Waals surface area contributed by atoms with Crippen LogP contribution < -0.4 is 0 Å². The molecule has 0 aliphatic carbocycles. The van der Waals surface area contributed by atoms with Gasteiger partial charge in [0.15, 0.2) is 0 Å². The van der Waals surface area contributed by atoms with Gasteiger partial charge in [-0.1, -0.05) is 66.7 Å². The molecule has 3 heteroatoms. The van der Waals surface area contributed by atoms with Gasteiger partial charge in [0.2, 0.25) is 0 Å². The van der Waals surface area contributed by atoms with Gasteiger partial charge in [0.05, 0.1) is 0 Å². The predicted molar refractivity (Wildman–Crippen MR) is 110 cm³/mol. The van der Waals surface area contributed by atoms with Crippen LogP contribution in [0.25, 0.3) is 10.8 Å². The standard InChI is InChI=1S/C23H25NOS/c25-22(23-21-9-5-4-8-20(21)17-26-23)11-10-18-12-14-24(15-13-18)16-19-6-2-1-3-7-19/h1-11,17-18,22,25H,12-16H2/b11-10+. The van der Waals surface area contributed by atoms with Gasteiger partial charge in [-0.05, 0) is 53.6 Å². The summed E-state index contributed by atoms with van der Waals surface area (Å²) in [4.78, 5) is 3.58. The maximum Gasteiger partial charge on any atom is 0.107 e. The summed E-state index contributed by atoms with van der Waals surface area (Å²) in [7, 11) is 0. The van der Waals surface area contributed by atoms with E-state index in [9.17, 15) is 5.11 Å². The van der Waals surface area contributed by atoms with Crippen LogP contribution in [0.4, 0.5) is 0 Å². The summed E-state index contributed by atoms with van der Waals surface area (Å²) in [6.07, 6.45) is 6.07. The van der Waals surface area contributed by atoms with Crippen LogP contribution in [0, 0.1) is 5.92 Å². The van der Waals surface area contributed by atoms with Crippen molar-refractivity contribution >= 4 is 22.1 Å². The highest BCUT2D eigenvalue weighted by molar-refractivity contribution is 7.11. The Bertz CT molecular complexity index is 862. The van der Waals surface area contributed by atoms with E-state index >= 15 is 0 Å². The number of fused-ring (bicyclic) bond motifs is 1. The Morgan fingerprint density at radius 3 is 2.58 bits per heavy atom. The summed E-state index contributed by atoms with van der Waals surface area (Å²) >= 11 is 1.65. The Labute approximate surface area is 159 Å². The monoisotopic (exact) mass is 363 g/mol. The lowest BCUT2D eigenvalue weighted by atomic mass is 9.95. The van der Waals surface area contributed by atoms with Crippen molar-refractivity contribution in [2.75, 3.05) is 13.1 Å². The van der Waals surface area contributed by atoms with Crippen LogP contribution in [-0.2, 0) is 6.54 Å². The van der Waals surface area contributed by atoms with Gasteiger partial charge < -0.3 is 5.11 Å². The van der Waals surface area contributed by atoms with Gasteiger partial charge in [-0.3, -0.25) is 4.90 Å². The molecule has 0 radical (unpaired) electrons. The average molecular weight is 364 g/mol. The van der Waals surface area contributed by atoms with Crippen LogP contribution in [0.2, 0.25) is 0 Å². The minimum absolute atomic E-state index is 0.498. The third kappa shape index (κ3) is 4.07. The second-order valence-electron chi connectivity index (χ2n) is 7.12. The molecule has 1 aliphatic rings. The van der Waals surface area contributed by atoms with Crippen molar-refractivity contribution in [2.24, 2.45) is 5.92 Å². The van der Waals surface area contributed by atoms with E-state index in [0.29, 0.717) is 5.92 Å². The molecule has 1 saturated heterocycles. The van der Waals surface area contributed by atoms with Crippen molar-refractivity contribution in [1.29, 1.82) is 0 Å². The van der Waals surface area contributed by atoms with Crippen LogP contribution in [0.1, 0.15) is 29.4 Å². The van der Waals surface area contributed by atoms with Gasteiger partial charge in [-0.2, -0.15) is 0 Å². The lowest BCUT2D eigenvalue weighted by molar-refractivity contribution is 0.193. The van der Waals surface area contributed by atoms with Crippen molar-refractivity contribution in [3.63, 3.8) is 0 Å². The van der Waals surface area contributed by atoms with E-state index in [4.69, 9.17) is 0 Å². The minimum atomic E-state index is -0.498. The number of aliphatic hydroxyl groups excluding tert-OH is 1. The average Bonchev–Trinajstić information content (AvgIpc) is 3.12. The number of likely N-dealkylation sites (tertiary alicyclic amines) is 1. The number of nitrogens with zero attached hydrogens (tertiary/aromatic N) is 1. The van der Waals surface area contributed by atoms with Crippen LogP contribution in [-0.4, -0.2) is 23.1 Å². The Kier molecular flexibility index (Phi) is 5.49. The van der Waals surface area contributed by atoms with Crippen LogP contribution in [0.15, 0.2) is 72.1 Å². The molecule has 1 aliphatic heterocycles. The third-order valence-electron chi connectivity index (χ3n) is 5.25. The van der Waals surface area contributed by atoms with E-state index in [1.807, 2.05) is 18.2 Å². The Morgan fingerprint density at radius 2 is 1.77 bits per heavy atom. The highest BCUT2D eigenvalue weighted by Crippen LogP contribution is 2.32. The molecule has 1 fully saturated rings. The van der Waals surface area contributed by atoms with Crippen molar-refractivity contribution in [1.82, 2.24) is 4.90 Å². The smallest absolute Gasteiger partial charge is 0.107 e. The van der Waals surface area contributed by atoms with E-state index in [2.05, 4.69) is 58.8 Å². The van der Waals surface area contributed by atoms with E-state index in [-0.39, 0.29) is 0 Å². The maximum absolute atomic E-state index is 10.6. The van der Waals surface area contributed by atoms with Gasteiger partial charge in [0, 0.05) is 11.4 Å². The van der Waals surface area contributed by atoms with Crippen molar-refractivity contribution < 1.29 is 5.11 Å². The minimum Gasteiger partial charge on any atom is -0.383 e. The normalized spacial score (nSPS) is 17.9. The fraction of sp³-hybridized carbons (Fsp3) is 0.304. The Morgan fingerprint density at radius 1 is 1.04 bits per heavy atom. The topological polar surface area (TPSA) is 23.5 Å².